The molecule has 0 saturated carbocycles. The zero-order valence-electron chi connectivity index (χ0n) is 9.88. The number of hydrogen-bond donors (Lipinski definition) is 2. The van der Waals surface area contributed by atoms with Crippen LogP contribution < -0.4 is 5.32 Å². The normalized spacial score (nSPS) is 10.3. The van der Waals surface area contributed by atoms with Crippen LogP contribution in [0, 0.1) is 6.92 Å². The molecule has 0 aliphatic carbocycles. The summed E-state index contributed by atoms with van der Waals surface area (Å²) in [5.74, 6) is -0.200. The van der Waals surface area contributed by atoms with Crippen LogP contribution in [0.1, 0.15) is 15.4 Å². The third-order valence-electron chi connectivity index (χ3n) is 2.31. The average Bonchev–Trinajstić information content (AvgIpc) is 2.79. The summed E-state index contributed by atoms with van der Waals surface area (Å²) >= 11 is 1.33. The summed E-state index contributed by atoms with van der Waals surface area (Å²) in [6.07, 6.45) is 3.41. The summed E-state index contributed by atoms with van der Waals surface area (Å²) in [5, 5.41) is 12.1. The topological polar surface area (TPSA) is 75.1 Å². The van der Waals surface area contributed by atoms with Crippen molar-refractivity contribution in [2.45, 2.75) is 6.92 Å². The molecule has 0 atom stereocenters. The van der Waals surface area contributed by atoms with E-state index >= 15 is 0 Å². The van der Waals surface area contributed by atoms with Gasteiger partial charge in [-0.1, -0.05) is 0 Å². The van der Waals surface area contributed by atoms with Gasteiger partial charge >= 0.3 is 0 Å². The van der Waals surface area contributed by atoms with E-state index in [-0.39, 0.29) is 19.1 Å². The zero-order valence-corrected chi connectivity index (χ0v) is 10.7. The Balaban J connectivity index is 2.25. The maximum Gasteiger partial charge on any atom is 0.263 e. The molecule has 5 nitrogen and oxygen atoms in total. The molecule has 0 spiro atoms. The predicted octanol–water partition coefficient (Wildman–Crippen LogP) is 1.24. The van der Waals surface area contributed by atoms with Gasteiger partial charge in [0.15, 0.2) is 0 Å². The standard InChI is InChI=1S/C12H13N3O2S/c1-8-10(11(17)14-5-6-16)18-12(15-8)9-3-2-4-13-7-9/h2-4,7,16H,5-6H2,1H3,(H,14,17). The highest BCUT2D eigenvalue weighted by molar-refractivity contribution is 7.17. The van der Waals surface area contributed by atoms with E-state index in [1.54, 1.807) is 19.3 Å². The molecule has 1 amide bonds. The molecule has 2 aromatic rings. The number of amides is 1. The molecule has 0 unspecified atom stereocenters. The Morgan fingerprint density at radius 1 is 1.56 bits per heavy atom. The Kier molecular flexibility index (Phi) is 4.01. The number of pyridine rings is 1. The lowest BCUT2D eigenvalue weighted by Crippen LogP contribution is -2.26. The molecule has 2 aromatic heterocycles. The summed E-state index contributed by atoms with van der Waals surface area (Å²) in [7, 11) is 0. The zero-order chi connectivity index (χ0) is 13.0. The minimum absolute atomic E-state index is 0.0704. The highest BCUT2D eigenvalue weighted by Gasteiger charge is 2.15. The van der Waals surface area contributed by atoms with Gasteiger partial charge in [0.25, 0.3) is 5.91 Å². The molecule has 6 heteroatoms. The van der Waals surface area contributed by atoms with Crippen LogP contribution in [0.15, 0.2) is 24.5 Å². The van der Waals surface area contributed by atoms with Crippen LogP contribution in [-0.2, 0) is 0 Å². The predicted molar refractivity (Wildman–Crippen MR) is 69.5 cm³/mol. The molecule has 2 N–H and O–H groups in total. The number of aliphatic hydroxyl groups is 1. The van der Waals surface area contributed by atoms with E-state index in [9.17, 15) is 4.79 Å². The first-order valence-corrected chi connectivity index (χ1v) is 6.31. The minimum Gasteiger partial charge on any atom is -0.395 e. The summed E-state index contributed by atoms with van der Waals surface area (Å²) < 4.78 is 0. The van der Waals surface area contributed by atoms with Gasteiger partial charge in [-0.2, -0.15) is 0 Å². The Morgan fingerprint density at radius 2 is 2.39 bits per heavy atom. The lowest BCUT2D eigenvalue weighted by atomic mass is 10.3. The molecule has 2 heterocycles. The highest BCUT2D eigenvalue weighted by Crippen LogP contribution is 2.27. The van der Waals surface area contributed by atoms with E-state index in [2.05, 4.69) is 15.3 Å². The van der Waals surface area contributed by atoms with Gasteiger partial charge in [0.2, 0.25) is 0 Å². The SMILES string of the molecule is Cc1nc(-c2cccnc2)sc1C(=O)NCCO. The van der Waals surface area contributed by atoms with Crippen molar-refractivity contribution in [3.8, 4) is 10.6 Å². The first kappa shape index (κ1) is 12.7. The summed E-state index contributed by atoms with van der Waals surface area (Å²) in [6, 6.07) is 3.73. The Morgan fingerprint density at radius 3 is 3.06 bits per heavy atom. The van der Waals surface area contributed by atoms with Crippen LogP contribution in [-0.4, -0.2) is 34.1 Å². The van der Waals surface area contributed by atoms with Crippen LogP contribution in [0.25, 0.3) is 10.6 Å². The molecule has 0 fully saturated rings. The quantitative estimate of drug-likeness (QED) is 0.870. The molecule has 0 bridgehead atoms. The average molecular weight is 263 g/mol. The second-order valence-corrected chi connectivity index (χ2v) is 4.65. The molecule has 0 saturated heterocycles. The van der Waals surface area contributed by atoms with E-state index in [1.165, 1.54) is 11.3 Å². The fourth-order valence-corrected chi connectivity index (χ4v) is 2.44. The molecule has 0 radical (unpaired) electrons. The number of nitrogens with one attached hydrogen (secondary N) is 1. The number of aryl methyl sites for hydroxylation is 1. The summed E-state index contributed by atoms with van der Waals surface area (Å²) in [5.41, 5.74) is 1.58. The van der Waals surface area contributed by atoms with Crippen molar-refractivity contribution < 1.29 is 9.90 Å². The second-order valence-electron chi connectivity index (χ2n) is 3.65. The molecule has 94 valence electrons. The van der Waals surface area contributed by atoms with Gasteiger partial charge in [-0.3, -0.25) is 9.78 Å². The number of carbonyl (C=O) groups is 1. The Hall–Kier alpha value is -1.79. The minimum atomic E-state index is -0.200. The largest absolute Gasteiger partial charge is 0.395 e. The maximum atomic E-state index is 11.8. The lowest BCUT2D eigenvalue weighted by molar-refractivity contribution is 0.0948. The van der Waals surface area contributed by atoms with E-state index in [0.717, 1.165) is 10.6 Å². The fraction of sp³-hybridized carbons (Fsp3) is 0.250. The molecular formula is C12H13N3O2S. The molecule has 18 heavy (non-hydrogen) atoms. The van der Waals surface area contributed by atoms with Crippen molar-refractivity contribution in [3.05, 3.63) is 35.1 Å². The van der Waals surface area contributed by atoms with Gasteiger partial charge < -0.3 is 10.4 Å². The molecular weight excluding hydrogens is 250 g/mol. The number of hydrogen-bond acceptors (Lipinski definition) is 5. The number of rotatable bonds is 4. The van der Waals surface area contributed by atoms with Gasteiger partial charge in [-0.05, 0) is 19.1 Å². The number of nitrogens with zero attached hydrogens (tertiary/aromatic N) is 2. The van der Waals surface area contributed by atoms with Crippen LogP contribution in [0.2, 0.25) is 0 Å². The third kappa shape index (κ3) is 2.72. The van der Waals surface area contributed by atoms with Crippen molar-refractivity contribution in [2.24, 2.45) is 0 Å². The smallest absolute Gasteiger partial charge is 0.263 e. The number of aliphatic hydroxyl groups excluding tert-OH is 1. The van der Waals surface area contributed by atoms with Crippen molar-refractivity contribution in [2.75, 3.05) is 13.2 Å². The van der Waals surface area contributed by atoms with E-state index in [1.807, 2.05) is 12.1 Å². The molecule has 0 aliphatic rings. The van der Waals surface area contributed by atoms with Gasteiger partial charge in [-0.25, -0.2) is 4.98 Å². The Labute approximate surface area is 109 Å². The van der Waals surface area contributed by atoms with Crippen LogP contribution in [0.5, 0.6) is 0 Å². The first-order valence-electron chi connectivity index (χ1n) is 5.49. The summed E-state index contributed by atoms with van der Waals surface area (Å²) in [6.45, 7) is 1.97. The van der Waals surface area contributed by atoms with Crippen molar-refractivity contribution in [3.63, 3.8) is 0 Å². The van der Waals surface area contributed by atoms with Gasteiger partial charge in [0, 0.05) is 24.5 Å². The van der Waals surface area contributed by atoms with Gasteiger partial charge in [-0.15, -0.1) is 11.3 Å². The lowest BCUT2D eigenvalue weighted by Gasteiger charge is -1.99. The van der Waals surface area contributed by atoms with Gasteiger partial charge in [0.05, 0.1) is 12.3 Å². The molecule has 0 aliphatic heterocycles. The molecule has 0 aromatic carbocycles. The van der Waals surface area contributed by atoms with Crippen molar-refractivity contribution in [1.82, 2.24) is 15.3 Å². The number of aromatic nitrogens is 2. The van der Waals surface area contributed by atoms with E-state index in [0.29, 0.717) is 10.6 Å². The summed E-state index contributed by atoms with van der Waals surface area (Å²) in [4.78, 5) is 20.8. The monoisotopic (exact) mass is 263 g/mol. The third-order valence-corrected chi connectivity index (χ3v) is 3.51. The highest BCUT2D eigenvalue weighted by atomic mass is 32.1. The van der Waals surface area contributed by atoms with E-state index < -0.39 is 0 Å². The van der Waals surface area contributed by atoms with Crippen LogP contribution in [0.3, 0.4) is 0 Å². The van der Waals surface area contributed by atoms with Crippen molar-refractivity contribution >= 4 is 17.2 Å². The van der Waals surface area contributed by atoms with Crippen LogP contribution >= 0.6 is 11.3 Å². The fourth-order valence-electron chi connectivity index (χ4n) is 1.47. The number of carbonyl (C=O) groups excluding carboxylic acids is 1. The van der Waals surface area contributed by atoms with Gasteiger partial charge in [0.1, 0.15) is 9.88 Å². The van der Waals surface area contributed by atoms with Crippen molar-refractivity contribution in [1.29, 1.82) is 0 Å². The maximum absolute atomic E-state index is 11.8. The first-order chi connectivity index (χ1) is 8.72. The Bertz CT molecular complexity index is 540. The van der Waals surface area contributed by atoms with Crippen LogP contribution in [0.4, 0.5) is 0 Å². The molecule has 2 rings (SSSR count). The van der Waals surface area contributed by atoms with E-state index in [4.69, 9.17) is 5.11 Å². The number of thiazole rings is 1. The second kappa shape index (κ2) is 5.70.